The number of aliphatic hydroxyl groups is 1. The van der Waals surface area contributed by atoms with Gasteiger partial charge in [-0.25, -0.2) is 0 Å². The number of piperidine rings is 1. The first kappa shape index (κ1) is 20.0. The highest BCUT2D eigenvalue weighted by molar-refractivity contribution is 5.84. The lowest BCUT2D eigenvalue weighted by Gasteiger charge is -2.62. The highest BCUT2D eigenvalue weighted by Gasteiger charge is 2.73. The van der Waals surface area contributed by atoms with Gasteiger partial charge in [-0.05, 0) is 36.1 Å². The molecule has 1 fully saturated rings. The van der Waals surface area contributed by atoms with Gasteiger partial charge < -0.3 is 19.0 Å². The van der Waals surface area contributed by atoms with E-state index in [1.165, 1.54) is 11.1 Å². The zero-order valence-corrected chi connectivity index (χ0v) is 19.7. The third kappa shape index (κ3) is 2.31. The lowest BCUT2D eigenvalue weighted by Crippen LogP contribution is -2.74. The molecule has 5 nitrogen and oxygen atoms in total. The van der Waals surface area contributed by atoms with Gasteiger partial charge in [0, 0.05) is 42.1 Å². The van der Waals surface area contributed by atoms with Gasteiger partial charge in [-0.15, -0.1) is 0 Å². The maximum atomic E-state index is 12.9. The summed E-state index contributed by atoms with van der Waals surface area (Å²) < 4.78 is 19.0. The summed E-state index contributed by atoms with van der Waals surface area (Å²) in [5.74, 6) is 2.40. The van der Waals surface area contributed by atoms with E-state index in [1.807, 2.05) is 24.3 Å². The summed E-state index contributed by atoms with van der Waals surface area (Å²) in [4.78, 5) is 2.50. The van der Waals surface area contributed by atoms with Crippen molar-refractivity contribution in [2.75, 3.05) is 13.7 Å². The predicted octanol–water partition coefficient (Wildman–Crippen LogP) is 4.93. The molecule has 0 radical (unpaired) electrons. The molecule has 1 saturated heterocycles. The summed E-state index contributed by atoms with van der Waals surface area (Å²) in [6.07, 6.45) is 1.79. The highest BCUT2D eigenvalue weighted by atomic mass is 16.5. The lowest BCUT2D eigenvalue weighted by molar-refractivity contribution is -0.177. The van der Waals surface area contributed by atoms with Crippen LogP contribution in [0.25, 0.3) is 11.0 Å². The molecule has 2 aliphatic heterocycles. The summed E-state index contributed by atoms with van der Waals surface area (Å²) in [5.41, 5.74) is 4.10. The first-order chi connectivity index (χ1) is 17.1. The molecule has 176 valence electrons. The number of benzene rings is 3. The molecule has 1 aromatic heterocycles. The number of hydrogen-bond donors (Lipinski definition) is 1. The molecule has 0 unspecified atom stereocenters. The zero-order chi connectivity index (χ0) is 23.4. The van der Waals surface area contributed by atoms with E-state index in [0.29, 0.717) is 6.42 Å². The molecule has 3 heterocycles. The molecular formula is C30H27NO4. The van der Waals surface area contributed by atoms with Crippen LogP contribution in [0.2, 0.25) is 0 Å². The number of nitrogens with zero attached hydrogens (tertiary/aromatic N) is 1. The Balaban J connectivity index is 1.37. The molecule has 1 N–H and O–H groups in total. The van der Waals surface area contributed by atoms with Crippen LogP contribution in [-0.2, 0) is 24.8 Å². The van der Waals surface area contributed by atoms with Crippen molar-refractivity contribution in [1.29, 1.82) is 0 Å². The zero-order valence-electron chi connectivity index (χ0n) is 19.7. The Labute approximate surface area is 203 Å². The largest absolute Gasteiger partial charge is 0.493 e. The monoisotopic (exact) mass is 465 g/mol. The topological polar surface area (TPSA) is 55.1 Å². The molecule has 0 saturated carbocycles. The van der Waals surface area contributed by atoms with Crippen molar-refractivity contribution in [1.82, 2.24) is 4.90 Å². The van der Waals surface area contributed by atoms with E-state index in [4.69, 9.17) is 13.9 Å². The van der Waals surface area contributed by atoms with Gasteiger partial charge in [0.2, 0.25) is 0 Å². The number of methoxy groups -OCH3 is 1. The number of hydrogen-bond acceptors (Lipinski definition) is 5. The van der Waals surface area contributed by atoms with E-state index in [-0.39, 0.29) is 12.1 Å². The number of furan rings is 1. The quantitative estimate of drug-likeness (QED) is 0.465. The summed E-state index contributed by atoms with van der Waals surface area (Å²) >= 11 is 0. The number of para-hydroxylation sites is 1. The van der Waals surface area contributed by atoms with Crippen LogP contribution in [0.4, 0.5) is 0 Å². The van der Waals surface area contributed by atoms with Crippen LogP contribution in [0, 0.1) is 0 Å². The van der Waals surface area contributed by atoms with Crippen molar-refractivity contribution >= 4 is 11.0 Å². The predicted molar refractivity (Wildman–Crippen MR) is 132 cm³/mol. The molecule has 4 aliphatic rings. The molecule has 1 spiro atoms. The Hall–Kier alpha value is -3.28. The highest BCUT2D eigenvalue weighted by Crippen LogP contribution is 2.69. The maximum absolute atomic E-state index is 12.9. The van der Waals surface area contributed by atoms with Crippen LogP contribution in [-0.4, -0.2) is 35.3 Å². The minimum absolute atomic E-state index is 0.0174. The average Bonchev–Trinajstić information content (AvgIpc) is 3.41. The Bertz CT molecular complexity index is 1490. The molecule has 3 aromatic carbocycles. The standard InChI is InChI=1S/C30H27NO4/c1-33-23-12-11-19-15-24-30(32)16-21-20-9-5-6-10-22(20)34-26(21)28-29(30,25(19)27(23)35-28)13-14-31(24)17-18-7-3-2-4-8-18/h2-12,24,28,32H,13-17H2,1H3/t24-,28+,29+,30-/m1/s1. The fraction of sp³-hybridized carbons (Fsp3) is 0.333. The summed E-state index contributed by atoms with van der Waals surface area (Å²) in [7, 11) is 1.69. The van der Waals surface area contributed by atoms with Gasteiger partial charge in [-0.2, -0.15) is 0 Å². The fourth-order valence-electron chi connectivity index (χ4n) is 7.73. The first-order valence-electron chi connectivity index (χ1n) is 12.5. The average molecular weight is 466 g/mol. The summed E-state index contributed by atoms with van der Waals surface area (Å²) in [6, 6.07) is 22.9. The van der Waals surface area contributed by atoms with Crippen molar-refractivity contribution in [2.24, 2.45) is 0 Å². The normalized spacial score (nSPS) is 30.0. The maximum Gasteiger partial charge on any atom is 0.169 e. The molecule has 2 aliphatic carbocycles. The minimum atomic E-state index is -0.977. The second-order valence-electron chi connectivity index (χ2n) is 10.6. The van der Waals surface area contributed by atoms with Crippen LogP contribution in [0.3, 0.4) is 0 Å². The van der Waals surface area contributed by atoms with Crippen LogP contribution in [0.15, 0.2) is 71.1 Å². The van der Waals surface area contributed by atoms with Crippen molar-refractivity contribution < 1.29 is 19.0 Å². The van der Waals surface area contributed by atoms with Crippen molar-refractivity contribution in [3.05, 3.63) is 94.7 Å². The van der Waals surface area contributed by atoms with Crippen LogP contribution in [0.1, 0.15) is 40.5 Å². The Morgan fingerprint density at radius 2 is 1.89 bits per heavy atom. The number of fused-ring (bicyclic) bond motifs is 4. The molecule has 35 heavy (non-hydrogen) atoms. The van der Waals surface area contributed by atoms with Crippen LogP contribution < -0.4 is 9.47 Å². The third-order valence-electron chi connectivity index (χ3n) is 9.17. The van der Waals surface area contributed by atoms with E-state index in [0.717, 1.165) is 65.3 Å². The van der Waals surface area contributed by atoms with E-state index in [9.17, 15) is 5.11 Å². The number of likely N-dealkylation sites (tertiary alicyclic amines) is 1. The fourth-order valence-corrected chi connectivity index (χ4v) is 7.73. The molecule has 0 amide bonds. The second-order valence-corrected chi connectivity index (χ2v) is 10.6. The van der Waals surface area contributed by atoms with Crippen LogP contribution in [0.5, 0.6) is 11.5 Å². The molecule has 8 rings (SSSR count). The van der Waals surface area contributed by atoms with Gasteiger partial charge in [-0.1, -0.05) is 54.6 Å². The van der Waals surface area contributed by atoms with Gasteiger partial charge in [-0.3, -0.25) is 4.90 Å². The van der Waals surface area contributed by atoms with Gasteiger partial charge >= 0.3 is 0 Å². The van der Waals surface area contributed by atoms with E-state index < -0.39 is 11.0 Å². The second kappa shape index (κ2) is 6.68. The SMILES string of the molecule is COc1ccc2c3c1O[C@H]1c4oc5ccccc5c4C[C@@]4(O)[C@@H](C2)N(Cc2ccccc2)CC[C@]314. The van der Waals surface area contributed by atoms with Gasteiger partial charge in [0.15, 0.2) is 17.6 Å². The van der Waals surface area contributed by atoms with Crippen molar-refractivity contribution in [3.8, 4) is 11.5 Å². The molecule has 4 atom stereocenters. The Morgan fingerprint density at radius 3 is 2.74 bits per heavy atom. The lowest BCUT2D eigenvalue weighted by atomic mass is 9.49. The number of rotatable bonds is 3. The smallest absolute Gasteiger partial charge is 0.169 e. The first-order valence-corrected chi connectivity index (χ1v) is 12.5. The molecular weight excluding hydrogens is 438 g/mol. The van der Waals surface area contributed by atoms with Crippen molar-refractivity contribution in [3.63, 3.8) is 0 Å². The summed E-state index contributed by atoms with van der Waals surface area (Å²) in [6.45, 7) is 1.72. The van der Waals surface area contributed by atoms with Gasteiger partial charge in [0.1, 0.15) is 11.3 Å². The molecule has 2 bridgehead atoms. The Kier molecular flexibility index (Phi) is 3.81. The van der Waals surface area contributed by atoms with Gasteiger partial charge in [0.25, 0.3) is 0 Å². The summed E-state index contributed by atoms with van der Waals surface area (Å²) in [5, 5.41) is 14.0. The molecule has 4 aromatic rings. The van der Waals surface area contributed by atoms with Gasteiger partial charge in [0.05, 0.1) is 18.1 Å². The minimum Gasteiger partial charge on any atom is -0.493 e. The third-order valence-corrected chi connectivity index (χ3v) is 9.17. The number of ether oxygens (including phenoxy) is 2. The van der Waals surface area contributed by atoms with E-state index in [1.54, 1.807) is 7.11 Å². The van der Waals surface area contributed by atoms with Crippen LogP contribution >= 0.6 is 0 Å². The Morgan fingerprint density at radius 1 is 1.06 bits per heavy atom. The van der Waals surface area contributed by atoms with E-state index >= 15 is 0 Å². The van der Waals surface area contributed by atoms with Crippen molar-refractivity contribution in [2.45, 2.75) is 49.0 Å². The van der Waals surface area contributed by atoms with E-state index in [2.05, 4.69) is 47.4 Å². The molecule has 5 heteroatoms.